The van der Waals surface area contributed by atoms with Crippen molar-refractivity contribution in [2.24, 2.45) is 5.92 Å². The maximum absolute atomic E-state index is 9.87. The van der Waals surface area contributed by atoms with E-state index < -0.39 is 5.60 Å². The van der Waals surface area contributed by atoms with E-state index >= 15 is 0 Å². The number of terminal acetylenes is 1. The van der Waals surface area contributed by atoms with Gasteiger partial charge in [-0.3, -0.25) is 0 Å². The van der Waals surface area contributed by atoms with Crippen LogP contribution < -0.4 is 5.32 Å². The van der Waals surface area contributed by atoms with Gasteiger partial charge in [0.25, 0.3) is 0 Å². The predicted octanol–water partition coefficient (Wildman–Crippen LogP) is 1.40. The van der Waals surface area contributed by atoms with Gasteiger partial charge in [0.15, 0.2) is 0 Å². The van der Waals surface area contributed by atoms with Crippen LogP contribution in [0.1, 0.15) is 33.6 Å². The lowest BCUT2D eigenvalue weighted by Crippen LogP contribution is -2.39. The standard InChI is InChI=1S/C11H21NO/c1-5-6-7-12-9-11(4,13)8-10(2)3/h1,10,12-13H,6-9H2,2-4H3. The fourth-order valence-corrected chi connectivity index (χ4v) is 1.47. The lowest BCUT2D eigenvalue weighted by atomic mass is 9.94. The molecule has 2 N–H and O–H groups in total. The van der Waals surface area contributed by atoms with E-state index in [2.05, 4.69) is 25.1 Å². The fourth-order valence-electron chi connectivity index (χ4n) is 1.47. The Morgan fingerprint density at radius 2 is 2.15 bits per heavy atom. The molecular weight excluding hydrogens is 162 g/mol. The van der Waals surface area contributed by atoms with Crippen molar-refractivity contribution in [3.63, 3.8) is 0 Å². The van der Waals surface area contributed by atoms with E-state index in [0.29, 0.717) is 12.5 Å². The van der Waals surface area contributed by atoms with E-state index in [9.17, 15) is 5.11 Å². The number of aliphatic hydroxyl groups is 1. The van der Waals surface area contributed by atoms with Crippen molar-refractivity contribution in [1.82, 2.24) is 5.32 Å². The van der Waals surface area contributed by atoms with Crippen molar-refractivity contribution in [1.29, 1.82) is 0 Å². The molecule has 0 saturated heterocycles. The van der Waals surface area contributed by atoms with E-state index in [1.54, 1.807) is 0 Å². The van der Waals surface area contributed by atoms with E-state index in [1.807, 2.05) is 6.92 Å². The average molecular weight is 183 g/mol. The molecule has 0 aliphatic carbocycles. The van der Waals surface area contributed by atoms with Crippen LogP contribution in [0.25, 0.3) is 0 Å². The van der Waals surface area contributed by atoms with Crippen molar-refractivity contribution in [3.05, 3.63) is 0 Å². The highest BCUT2D eigenvalue weighted by Gasteiger charge is 2.20. The summed E-state index contributed by atoms with van der Waals surface area (Å²) in [4.78, 5) is 0. The Labute approximate surface area is 81.7 Å². The maximum Gasteiger partial charge on any atom is 0.0746 e. The Balaban J connectivity index is 3.58. The van der Waals surface area contributed by atoms with Crippen LogP contribution >= 0.6 is 0 Å². The molecule has 76 valence electrons. The van der Waals surface area contributed by atoms with Crippen molar-refractivity contribution in [2.45, 2.75) is 39.2 Å². The van der Waals surface area contributed by atoms with Crippen molar-refractivity contribution < 1.29 is 5.11 Å². The Kier molecular flexibility index (Phi) is 5.77. The largest absolute Gasteiger partial charge is 0.389 e. The van der Waals surface area contributed by atoms with Crippen LogP contribution in [0, 0.1) is 18.3 Å². The second-order valence-corrected chi connectivity index (χ2v) is 4.23. The summed E-state index contributed by atoms with van der Waals surface area (Å²) >= 11 is 0. The summed E-state index contributed by atoms with van der Waals surface area (Å²) in [6, 6.07) is 0. The summed E-state index contributed by atoms with van der Waals surface area (Å²) < 4.78 is 0. The summed E-state index contributed by atoms with van der Waals surface area (Å²) in [6.07, 6.45) is 6.64. The molecule has 0 radical (unpaired) electrons. The minimum absolute atomic E-state index is 0.518. The van der Waals surface area contributed by atoms with E-state index in [-0.39, 0.29) is 0 Å². The normalized spacial score (nSPS) is 15.4. The predicted molar refractivity (Wildman–Crippen MR) is 56.4 cm³/mol. The monoisotopic (exact) mass is 183 g/mol. The number of nitrogens with one attached hydrogen (secondary N) is 1. The van der Waals surface area contributed by atoms with Gasteiger partial charge in [0, 0.05) is 19.5 Å². The van der Waals surface area contributed by atoms with Gasteiger partial charge >= 0.3 is 0 Å². The first kappa shape index (κ1) is 12.5. The van der Waals surface area contributed by atoms with Gasteiger partial charge in [-0.05, 0) is 19.3 Å². The smallest absolute Gasteiger partial charge is 0.0746 e. The zero-order valence-corrected chi connectivity index (χ0v) is 8.93. The van der Waals surface area contributed by atoms with E-state index in [1.165, 1.54) is 0 Å². The van der Waals surface area contributed by atoms with Crippen LogP contribution in [0.4, 0.5) is 0 Å². The Bertz CT molecular complexity index is 167. The number of hydrogen-bond acceptors (Lipinski definition) is 2. The van der Waals surface area contributed by atoms with Gasteiger partial charge in [-0.2, -0.15) is 0 Å². The second kappa shape index (κ2) is 6.01. The zero-order chi connectivity index (χ0) is 10.3. The van der Waals surface area contributed by atoms with Gasteiger partial charge in [-0.15, -0.1) is 12.3 Å². The molecule has 0 aromatic carbocycles. The molecule has 0 aromatic rings. The molecule has 0 saturated carbocycles. The highest BCUT2D eigenvalue weighted by atomic mass is 16.3. The Hall–Kier alpha value is -0.520. The average Bonchev–Trinajstić information content (AvgIpc) is 1.95. The molecule has 0 amide bonds. The lowest BCUT2D eigenvalue weighted by Gasteiger charge is -2.25. The lowest BCUT2D eigenvalue weighted by molar-refractivity contribution is 0.0389. The molecule has 0 aliphatic rings. The highest BCUT2D eigenvalue weighted by Crippen LogP contribution is 2.14. The maximum atomic E-state index is 9.87. The number of rotatable bonds is 6. The topological polar surface area (TPSA) is 32.3 Å². The molecule has 0 bridgehead atoms. The molecule has 0 fully saturated rings. The molecule has 0 spiro atoms. The second-order valence-electron chi connectivity index (χ2n) is 4.23. The van der Waals surface area contributed by atoms with Crippen molar-refractivity contribution in [2.75, 3.05) is 13.1 Å². The fraction of sp³-hybridized carbons (Fsp3) is 0.818. The van der Waals surface area contributed by atoms with Crippen LogP contribution in [0.2, 0.25) is 0 Å². The molecule has 0 aromatic heterocycles. The van der Waals surface area contributed by atoms with Crippen LogP contribution in [-0.4, -0.2) is 23.8 Å². The van der Waals surface area contributed by atoms with Crippen LogP contribution in [0.5, 0.6) is 0 Å². The van der Waals surface area contributed by atoms with Gasteiger partial charge < -0.3 is 10.4 Å². The quantitative estimate of drug-likeness (QED) is 0.482. The van der Waals surface area contributed by atoms with Gasteiger partial charge in [-0.25, -0.2) is 0 Å². The summed E-state index contributed by atoms with van der Waals surface area (Å²) in [6.45, 7) is 7.47. The summed E-state index contributed by atoms with van der Waals surface area (Å²) in [5.74, 6) is 3.07. The van der Waals surface area contributed by atoms with Gasteiger partial charge in [0.2, 0.25) is 0 Å². The molecule has 13 heavy (non-hydrogen) atoms. The summed E-state index contributed by atoms with van der Waals surface area (Å²) in [7, 11) is 0. The molecule has 0 heterocycles. The third kappa shape index (κ3) is 7.83. The van der Waals surface area contributed by atoms with Crippen LogP contribution in [0.15, 0.2) is 0 Å². The molecule has 2 nitrogen and oxygen atoms in total. The third-order valence-electron chi connectivity index (χ3n) is 1.80. The molecule has 0 rings (SSSR count). The molecule has 2 heteroatoms. The molecule has 1 atom stereocenters. The van der Waals surface area contributed by atoms with Crippen LogP contribution in [-0.2, 0) is 0 Å². The molecule has 0 aliphatic heterocycles. The first-order chi connectivity index (χ1) is 5.98. The molecular formula is C11H21NO. The summed E-state index contributed by atoms with van der Waals surface area (Å²) in [5, 5.41) is 13.0. The third-order valence-corrected chi connectivity index (χ3v) is 1.80. The van der Waals surface area contributed by atoms with Gasteiger partial charge in [-0.1, -0.05) is 13.8 Å². The SMILES string of the molecule is C#CCCNCC(C)(O)CC(C)C. The molecule has 1 unspecified atom stereocenters. The highest BCUT2D eigenvalue weighted by molar-refractivity contribution is 4.85. The first-order valence-corrected chi connectivity index (χ1v) is 4.84. The van der Waals surface area contributed by atoms with Crippen molar-refractivity contribution in [3.8, 4) is 12.3 Å². The zero-order valence-electron chi connectivity index (χ0n) is 8.93. The minimum atomic E-state index is -0.608. The Morgan fingerprint density at radius 1 is 1.54 bits per heavy atom. The first-order valence-electron chi connectivity index (χ1n) is 4.84. The number of hydrogen-bond donors (Lipinski definition) is 2. The van der Waals surface area contributed by atoms with E-state index in [4.69, 9.17) is 6.42 Å². The Morgan fingerprint density at radius 3 is 2.62 bits per heavy atom. The van der Waals surface area contributed by atoms with Crippen molar-refractivity contribution >= 4 is 0 Å². The van der Waals surface area contributed by atoms with E-state index in [0.717, 1.165) is 19.4 Å². The van der Waals surface area contributed by atoms with Gasteiger partial charge in [0.05, 0.1) is 5.60 Å². The van der Waals surface area contributed by atoms with Crippen LogP contribution in [0.3, 0.4) is 0 Å². The minimum Gasteiger partial charge on any atom is -0.389 e. The summed E-state index contributed by atoms with van der Waals surface area (Å²) in [5.41, 5.74) is -0.608. The van der Waals surface area contributed by atoms with Gasteiger partial charge in [0.1, 0.15) is 0 Å².